The number of aromatic hydroxyl groups is 1. The van der Waals surface area contributed by atoms with Gasteiger partial charge in [-0.05, 0) is 17.2 Å². The summed E-state index contributed by atoms with van der Waals surface area (Å²) in [5.74, 6) is -2.12. The van der Waals surface area contributed by atoms with Crippen molar-refractivity contribution >= 4 is 17.6 Å². The van der Waals surface area contributed by atoms with Gasteiger partial charge in [0.2, 0.25) is 5.91 Å². The fourth-order valence-electron chi connectivity index (χ4n) is 3.88. The zero-order valence-electron chi connectivity index (χ0n) is 16.9. The molecule has 3 aromatic rings. The van der Waals surface area contributed by atoms with Gasteiger partial charge in [-0.1, -0.05) is 36.4 Å². The summed E-state index contributed by atoms with van der Waals surface area (Å²) in [7, 11) is 0. The number of nitrogens with zero attached hydrogens (tertiary/aromatic N) is 4. The molecule has 0 aliphatic carbocycles. The Morgan fingerprint density at radius 3 is 2.59 bits per heavy atom. The number of nitro benzene ring substituents is 1. The molecule has 164 valence electrons. The third-order valence-electron chi connectivity index (χ3n) is 5.51. The van der Waals surface area contributed by atoms with E-state index in [2.05, 4.69) is 4.98 Å². The Morgan fingerprint density at radius 1 is 1.16 bits per heavy atom. The number of carbonyl (C=O) groups is 2. The molecule has 1 atom stereocenters. The number of imidazole rings is 1. The van der Waals surface area contributed by atoms with Gasteiger partial charge in [0.15, 0.2) is 5.75 Å². The van der Waals surface area contributed by atoms with E-state index in [1.54, 1.807) is 6.33 Å². The van der Waals surface area contributed by atoms with Crippen molar-refractivity contribution in [1.29, 1.82) is 0 Å². The van der Waals surface area contributed by atoms with Gasteiger partial charge in [0, 0.05) is 24.7 Å². The predicted octanol–water partition coefficient (Wildman–Crippen LogP) is 2.13. The SMILES string of the molecule is O=C(O)[C@@H]1Cc2c(ncn2Cc2ccccc2)CN1C(=O)Cc1ccc(O)c([N+](=O)[O-])c1. The fourth-order valence-corrected chi connectivity index (χ4v) is 3.88. The van der Waals surface area contributed by atoms with Gasteiger partial charge in [0.1, 0.15) is 6.04 Å². The second kappa shape index (κ2) is 8.50. The molecule has 1 aliphatic heterocycles. The molecule has 4 rings (SSSR count). The highest BCUT2D eigenvalue weighted by molar-refractivity contribution is 5.85. The number of benzene rings is 2. The Labute approximate surface area is 182 Å². The van der Waals surface area contributed by atoms with Crippen molar-refractivity contribution in [2.75, 3.05) is 0 Å². The number of hydrogen-bond donors (Lipinski definition) is 2. The minimum absolute atomic E-state index is 0.0348. The number of nitro groups is 1. The number of aromatic nitrogens is 2. The number of amides is 1. The first-order chi connectivity index (χ1) is 15.3. The third-order valence-corrected chi connectivity index (χ3v) is 5.51. The lowest BCUT2D eigenvalue weighted by Gasteiger charge is -2.33. The highest BCUT2D eigenvalue weighted by Crippen LogP contribution is 2.28. The Bertz CT molecular complexity index is 1190. The van der Waals surface area contributed by atoms with E-state index in [-0.39, 0.29) is 19.4 Å². The van der Waals surface area contributed by atoms with Gasteiger partial charge in [-0.3, -0.25) is 14.9 Å². The number of phenolic OH excluding ortho intramolecular Hbond substituents is 1. The summed E-state index contributed by atoms with van der Waals surface area (Å²) >= 11 is 0. The average molecular weight is 436 g/mol. The number of fused-ring (bicyclic) bond motifs is 1. The van der Waals surface area contributed by atoms with Gasteiger partial charge in [-0.15, -0.1) is 0 Å². The zero-order valence-corrected chi connectivity index (χ0v) is 16.9. The Kier molecular flexibility index (Phi) is 5.59. The monoisotopic (exact) mass is 436 g/mol. The summed E-state index contributed by atoms with van der Waals surface area (Å²) in [6, 6.07) is 12.3. The fraction of sp³-hybridized carbons (Fsp3) is 0.227. The van der Waals surface area contributed by atoms with Crippen molar-refractivity contribution in [3.8, 4) is 5.75 Å². The number of phenols is 1. The number of rotatable bonds is 6. The summed E-state index contributed by atoms with van der Waals surface area (Å²) < 4.78 is 1.89. The topological polar surface area (TPSA) is 139 Å². The third kappa shape index (κ3) is 4.15. The summed E-state index contributed by atoms with van der Waals surface area (Å²) in [5.41, 5.74) is 2.25. The molecule has 32 heavy (non-hydrogen) atoms. The van der Waals surface area contributed by atoms with Crippen LogP contribution >= 0.6 is 0 Å². The van der Waals surface area contributed by atoms with Crippen LogP contribution in [-0.4, -0.2) is 47.5 Å². The maximum atomic E-state index is 13.0. The van der Waals surface area contributed by atoms with Gasteiger partial charge in [-0.2, -0.15) is 0 Å². The van der Waals surface area contributed by atoms with E-state index >= 15 is 0 Å². The van der Waals surface area contributed by atoms with E-state index < -0.39 is 34.3 Å². The molecule has 0 unspecified atom stereocenters. The number of carboxylic acids is 1. The van der Waals surface area contributed by atoms with Gasteiger partial charge in [0.25, 0.3) is 0 Å². The van der Waals surface area contributed by atoms with Crippen molar-refractivity contribution in [2.24, 2.45) is 0 Å². The molecule has 0 saturated heterocycles. The Hall–Kier alpha value is -4.21. The van der Waals surface area contributed by atoms with Crippen LogP contribution in [0, 0.1) is 10.1 Å². The standard InChI is InChI=1S/C22H20N4O6/c27-20-7-6-15(8-18(20)26(31)32)9-21(28)25-12-16-17(10-19(25)22(29)30)24(13-23-16)11-14-4-2-1-3-5-14/h1-8,13,19,27H,9-12H2,(H,29,30)/t19-/m0/s1. The highest BCUT2D eigenvalue weighted by atomic mass is 16.6. The Morgan fingerprint density at radius 2 is 1.91 bits per heavy atom. The first-order valence-corrected chi connectivity index (χ1v) is 9.89. The molecule has 1 amide bonds. The van der Waals surface area contributed by atoms with Crippen LogP contribution in [0.25, 0.3) is 0 Å². The summed E-state index contributed by atoms with van der Waals surface area (Å²) in [6.45, 7) is 0.577. The lowest BCUT2D eigenvalue weighted by Crippen LogP contribution is -2.49. The van der Waals surface area contributed by atoms with E-state index in [0.29, 0.717) is 17.8 Å². The molecule has 10 heteroatoms. The summed E-state index contributed by atoms with van der Waals surface area (Å²) in [6.07, 6.45) is 1.53. The van der Waals surface area contributed by atoms with Gasteiger partial charge in [-0.25, -0.2) is 9.78 Å². The maximum Gasteiger partial charge on any atom is 0.326 e. The number of carboxylic acid groups (broad SMARTS) is 1. The van der Waals surface area contributed by atoms with Crippen LogP contribution in [-0.2, 0) is 35.5 Å². The van der Waals surface area contributed by atoms with Gasteiger partial charge >= 0.3 is 11.7 Å². The summed E-state index contributed by atoms with van der Waals surface area (Å²) in [5, 5.41) is 30.4. The number of aliphatic carboxylic acids is 1. The van der Waals surface area contributed by atoms with Crippen LogP contribution < -0.4 is 0 Å². The van der Waals surface area contributed by atoms with Crippen molar-refractivity contribution in [3.05, 3.63) is 87.5 Å². The lowest BCUT2D eigenvalue weighted by atomic mass is 10.0. The van der Waals surface area contributed by atoms with Gasteiger partial charge in [0.05, 0.1) is 29.9 Å². The van der Waals surface area contributed by atoms with Crippen molar-refractivity contribution < 1.29 is 24.7 Å². The first kappa shape index (κ1) is 21.0. The molecule has 1 aromatic heterocycles. The molecular formula is C22H20N4O6. The zero-order chi connectivity index (χ0) is 22.8. The number of hydrogen-bond acceptors (Lipinski definition) is 6. The average Bonchev–Trinajstić information content (AvgIpc) is 3.16. The van der Waals surface area contributed by atoms with Crippen LogP contribution in [0.1, 0.15) is 22.5 Å². The van der Waals surface area contributed by atoms with Crippen LogP contribution in [0.15, 0.2) is 54.9 Å². The minimum Gasteiger partial charge on any atom is -0.502 e. The summed E-state index contributed by atoms with van der Waals surface area (Å²) in [4.78, 5) is 40.8. The second-order valence-electron chi connectivity index (χ2n) is 7.59. The van der Waals surface area contributed by atoms with Gasteiger partial charge < -0.3 is 19.7 Å². The largest absolute Gasteiger partial charge is 0.502 e. The quantitative estimate of drug-likeness (QED) is 0.446. The molecule has 1 aliphatic rings. The molecule has 0 radical (unpaired) electrons. The molecule has 0 saturated carbocycles. The van der Waals surface area contributed by atoms with E-state index in [9.17, 15) is 29.9 Å². The van der Waals surface area contributed by atoms with E-state index in [0.717, 1.165) is 23.4 Å². The van der Waals surface area contributed by atoms with Crippen LogP contribution in [0.4, 0.5) is 5.69 Å². The van der Waals surface area contributed by atoms with Crippen molar-refractivity contribution in [2.45, 2.75) is 32.0 Å². The Balaban J connectivity index is 1.56. The smallest absolute Gasteiger partial charge is 0.326 e. The number of carbonyl (C=O) groups excluding carboxylic acids is 1. The molecule has 0 spiro atoms. The molecule has 2 N–H and O–H groups in total. The highest BCUT2D eigenvalue weighted by Gasteiger charge is 2.37. The normalized spacial score (nSPS) is 15.2. The molecular weight excluding hydrogens is 416 g/mol. The van der Waals surface area contributed by atoms with E-state index in [1.807, 2.05) is 34.9 Å². The molecule has 2 heterocycles. The lowest BCUT2D eigenvalue weighted by molar-refractivity contribution is -0.385. The van der Waals surface area contributed by atoms with Crippen LogP contribution in [0.3, 0.4) is 0 Å². The molecule has 0 bridgehead atoms. The molecule has 0 fully saturated rings. The van der Waals surface area contributed by atoms with Crippen LogP contribution in [0.2, 0.25) is 0 Å². The molecule has 10 nitrogen and oxygen atoms in total. The minimum atomic E-state index is -1.13. The first-order valence-electron chi connectivity index (χ1n) is 9.89. The van der Waals surface area contributed by atoms with Crippen molar-refractivity contribution in [1.82, 2.24) is 14.5 Å². The molecule has 2 aromatic carbocycles. The van der Waals surface area contributed by atoms with E-state index in [1.165, 1.54) is 11.0 Å². The predicted molar refractivity (Wildman–Crippen MR) is 112 cm³/mol. The maximum absolute atomic E-state index is 13.0. The van der Waals surface area contributed by atoms with E-state index in [4.69, 9.17) is 0 Å². The van der Waals surface area contributed by atoms with Crippen LogP contribution in [0.5, 0.6) is 5.75 Å². The van der Waals surface area contributed by atoms with Crippen molar-refractivity contribution in [3.63, 3.8) is 0 Å². The second-order valence-corrected chi connectivity index (χ2v) is 7.59.